The van der Waals surface area contributed by atoms with Crippen molar-refractivity contribution in [2.24, 2.45) is 5.41 Å². The molecule has 0 aromatic rings. The standard InChI is InChI=1S/C12H20N2O4/c15-10(9-7-13-5-6-18-9)14-8-12(11(16)17)3-1-2-4-12/h9,13H,1-8H2,(H,14,15)(H,16,17). The summed E-state index contributed by atoms with van der Waals surface area (Å²) in [7, 11) is 0. The van der Waals surface area contributed by atoms with Crippen LogP contribution in [0.3, 0.4) is 0 Å². The molecule has 3 N–H and O–H groups in total. The lowest BCUT2D eigenvalue weighted by molar-refractivity contribution is -0.149. The van der Waals surface area contributed by atoms with Crippen molar-refractivity contribution in [2.45, 2.75) is 31.8 Å². The van der Waals surface area contributed by atoms with Gasteiger partial charge in [0, 0.05) is 19.6 Å². The van der Waals surface area contributed by atoms with E-state index < -0.39 is 17.5 Å². The van der Waals surface area contributed by atoms with Crippen molar-refractivity contribution in [2.75, 3.05) is 26.2 Å². The first-order valence-electron chi connectivity index (χ1n) is 6.47. The Kier molecular flexibility index (Phi) is 4.19. The predicted octanol–water partition coefficient (Wildman–Crippen LogP) is -0.264. The average Bonchev–Trinajstić information content (AvgIpc) is 2.87. The van der Waals surface area contributed by atoms with Crippen LogP contribution in [0.15, 0.2) is 0 Å². The van der Waals surface area contributed by atoms with Crippen LogP contribution in [0, 0.1) is 5.41 Å². The number of carbonyl (C=O) groups is 2. The van der Waals surface area contributed by atoms with E-state index >= 15 is 0 Å². The van der Waals surface area contributed by atoms with Gasteiger partial charge < -0.3 is 20.5 Å². The minimum Gasteiger partial charge on any atom is -0.481 e. The van der Waals surface area contributed by atoms with E-state index in [9.17, 15) is 14.7 Å². The van der Waals surface area contributed by atoms with E-state index in [1.165, 1.54) is 0 Å². The fraction of sp³-hybridized carbons (Fsp3) is 0.833. The lowest BCUT2D eigenvalue weighted by Gasteiger charge is -2.27. The number of carbonyl (C=O) groups excluding carboxylic acids is 1. The molecule has 1 unspecified atom stereocenters. The van der Waals surface area contributed by atoms with Crippen molar-refractivity contribution >= 4 is 11.9 Å². The molecule has 18 heavy (non-hydrogen) atoms. The second kappa shape index (κ2) is 5.67. The van der Waals surface area contributed by atoms with Crippen molar-refractivity contribution in [3.8, 4) is 0 Å². The molecule has 102 valence electrons. The third-order valence-electron chi connectivity index (χ3n) is 3.84. The van der Waals surface area contributed by atoms with Gasteiger partial charge in [0.2, 0.25) is 5.91 Å². The van der Waals surface area contributed by atoms with Gasteiger partial charge >= 0.3 is 5.97 Å². The molecule has 1 saturated heterocycles. The van der Waals surface area contributed by atoms with E-state index in [2.05, 4.69) is 10.6 Å². The monoisotopic (exact) mass is 256 g/mol. The maximum absolute atomic E-state index is 11.9. The molecule has 0 bridgehead atoms. The lowest BCUT2D eigenvalue weighted by Crippen LogP contribution is -2.50. The largest absolute Gasteiger partial charge is 0.481 e. The molecule has 0 spiro atoms. The number of morpholine rings is 1. The van der Waals surface area contributed by atoms with Crippen molar-refractivity contribution < 1.29 is 19.4 Å². The molecule has 1 aliphatic heterocycles. The number of ether oxygens (including phenoxy) is 1. The predicted molar refractivity (Wildman–Crippen MR) is 64.2 cm³/mol. The second-order valence-corrected chi connectivity index (χ2v) is 5.07. The van der Waals surface area contributed by atoms with E-state index in [-0.39, 0.29) is 12.5 Å². The van der Waals surface area contributed by atoms with Gasteiger partial charge in [-0.1, -0.05) is 12.8 Å². The molecule has 1 amide bonds. The minimum absolute atomic E-state index is 0.209. The Morgan fingerprint density at radius 2 is 2.11 bits per heavy atom. The molecule has 2 rings (SSSR count). The Morgan fingerprint density at radius 1 is 1.39 bits per heavy atom. The first-order chi connectivity index (χ1) is 8.64. The van der Waals surface area contributed by atoms with Crippen LogP contribution in [0.5, 0.6) is 0 Å². The molecular formula is C12H20N2O4. The van der Waals surface area contributed by atoms with Gasteiger partial charge in [-0.2, -0.15) is 0 Å². The molecule has 6 heteroatoms. The molecule has 0 aromatic heterocycles. The second-order valence-electron chi connectivity index (χ2n) is 5.07. The van der Waals surface area contributed by atoms with Gasteiger partial charge in [0.25, 0.3) is 0 Å². The lowest BCUT2D eigenvalue weighted by atomic mass is 9.86. The summed E-state index contributed by atoms with van der Waals surface area (Å²) in [6.45, 7) is 1.97. The topological polar surface area (TPSA) is 87.7 Å². The van der Waals surface area contributed by atoms with E-state index in [0.717, 1.165) is 19.4 Å². The first kappa shape index (κ1) is 13.3. The Labute approximate surface area is 106 Å². The molecule has 0 radical (unpaired) electrons. The van der Waals surface area contributed by atoms with Crippen LogP contribution < -0.4 is 10.6 Å². The number of nitrogens with one attached hydrogen (secondary N) is 2. The molecular weight excluding hydrogens is 236 g/mol. The van der Waals surface area contributed by atoms with E-state index in [1.54, 1.807) is 0 Å². The zero-order chi connectivity index (χ0) is 13.0. The highest BCUT2D eigenvalue weighted by atomic mass is 16.5. The highest BCUT2D eigenvalue weighted by Gasteiger charge is 2.41. The summed E-state index contributed by atoms with van der Waals surface area (Å²) < 4.78 is 5.33. The van der Waals surface area contributed by atoms with Crippen LogP contribution in [0.2, 0.25) is 0 Å². The maximum atomic E-state index is 11.9. The number of carboxylic acid groups (broad SMARTS) is 1. The quantitative estimate of drug-likeness (QED) is 0.645. The number of rotatable bonds is 4. The van der Waals surface area contributed by atoms with E-state index in [0.29, 0.717) is 26.0 Å². The molecule has 1 saturated carbocycles. The number of hydrogen-bond donors (Lipinski definition) is 3. The summed E-state index contributed by atoms with van der Waals surface area (Å²) in [4.78, 5) is 23.2. The maximum Gasteiger partial charge on any atom is 0.311 e. The van der Waals surface area contributed by atoms with Crippen molar-refractivity contribution in [3.63, 3.8) is 0 Å². The zero-order valence-corrected chi connectivity index (χ0v) is 10.4. The van der Waals surface area contributed by atoms with Gasteiger partial charge in [0.05, 0.1) is 12.0 Å². The first-order valence-corrected chi connectivity index (χ1v) is 6.47. The van der Waals surface area contributed by atoms with E-state index in [1.807, 2.05) is 0 Å². The van der Waals surface area contributed by atoms with Crippen molar-refractivity contribution in [1.29, 1.82) is 0 Å². The van der Waals surface area contributed by atoms with Crippen LogP contribution in [-0.2, 0) is 14.3 Å². The van der Waals surface area contributed by atoms with Crippen molar-refractivity contribution in [1.82, 2.24) is 10.6 Å². The zero-order valence-electron chi connectivity index (χ0n) is 10.4. The van der Waals surface area contributed by atoms with Gasteiger partial charge in [0.1, 0.15) is 6.10 Å². The molecule has 1 heterocycles. The number of hydrogen-bond acceptors (Lipinski definition) is 4. The summed E-state index contributed by atoms with van der Waals surface area (Å²) >= 11 is 0. The average molecular weight is 256 g/mol. The number of aliphatic carboxylic acids is 1. The Hall–Kier alpha value is -1.14. The van der Waals surface area contributed by atoms with Crippen LogP contribution in [-0.4, -0.2) is 49.3 Å². The van der Waals surface area contributed by atoms with Gasteiger partial charge in [-0.15, -0.1) is 0 Å². The smallest absolute Gasteiger partial charge is 0.311 e. The number of amides is 1. The van der Waals surface area contributed by atoms with Crippen LogP contribution >= 0.6 is 0 Å². The van der Waals surface area contributed by atoms with Gasteiger partial charge in [-0.25, -0.2) is 0 Å². The van der Waals surface area contributed by atoms with Gasteiger partial charge in [-0.3, -0.25) is 9.59 Å². The highest BCUT2D eigenvalue weighted by Crippen LogP contribution is 2.37. The summed E-state index contributed by atoms with van der Waals surface area (Å²) in [5, 5.41) is 15.1. The van der Waals surface area contributed by atoms with Crippen LogP contribution in [0.4, 0.5) is 0 Å². The molecule has 2 aliphatic rings. The van der Waals surface area contributed by atoms with Gasteiger partial charge in [-0.05, 0) is 12.8 Å². The van der Waals surface area contributed by atoms with Crippen molar-refractivity contribution in [3.05, 3.63) is 0 Å². The van der Waals surface area contributed by atoms with Crippen LogP contribution in [0.25, 0.3) is 0 Å². The summed E-state index contributed by atoms with van der Waals surface area (Å²) in [6, 6.07) is 0. The summed E-state index contributed by atoms with van der Waals surface area (Å²) in [5.41, 5.74) is -0.766. The molecule has 6 nitrogen and oxygen atoms in total. The fourth-order valence-electron chi connectivity index (χ4n) is 2.62. The van der Waals surface area contributed by atoms with E-state index in [4.69, 9.17) is 4.74 Å². The minimum atomic E-state index is -0.803. The summed E-state index contributed by atoms with van der Waals surface area (Å²) in [6.07, 6.45) is 2.64. The third-order valence-corrected chi connectivity index (χ3v) is 3.84. The number of carboxylic acids is 1. The molecule has 1 aliphatic carbocycles. The Bertz CT molecular complexity index is 320. The summed E-state index contributed by atoms with van der Waals surface area (Å²) in [5.74, 6) is -1.02. The Morgan fingerprint density at radius 3 is 2.67 bits per heavy atom. The third kappa shape index (κ3) is 2.81. The SMILES string of the molecule is O=C(NCC1(C(=O)O)CCCC1)C1CNCCO1. The molecule has 1 atom stereocenters. The normalized spacial score (nSPS) is 26.8. The fourth-order valence-corrected chi connectivity index (χ4v) is 2.62. The highest BCUT2D eigenvalue weighted by molar-refractivity contribution is 5.82. The molecule has 0 aromatic carbocycles. The van der Waals surface area contributed by atoms with Crippen LogP contribution in [0.1, 0.15) is 25.7 Å². The van der Waals surface area contributed by atoms with Gasteiger partial charge in [0.15, 0.2) is 0 Å². The Balaban J connectivity index is 1.85. The molecule has 2 fully saturated rings.